The van der Waals surface area contributed by atoms with E-state index in [2.05, 4.69) is 44.7 Å². The molecular formula is C19H29IN4O3. The molecule has 1 aromatic heterocycles. The number of carbonyl (C=O) groups is 2. The van der Waals surface area contributed by atoms with Crippen molar-refractivity contribution < 1.29 is 14.3 Å². The fourth-order valence-corrected chi connectivity index (χ4v) is 3.82. The maximum absolute atomic E-state index is 12.5. The van der Waals surface area contributed by atoms with E-state index in [0.29, 0.717) is 31.7 Å². The molecule has 1 aliphatic rings. The molecule has 1 fully saturated rings. The van der Waals surface area contributed by atoms with Gasteiger partial charge in [-0.25, -0.2) is 9.78 Å². The lowest BCUT2D eigenvalue weighted by molar-refractivity contribution is 0.0136. The number of halogens is 1. The number of rotatable bonds is 4. The van der Waals surface area contributed by atoms with E-state index in [1.807, 2.05) is 38.7 Å². The topological polar surface area (TPSA) is 74.8 Å². The number of amides is 2. The first-order valence-electron chi connectivity index (χ1n) is 9.34. The molecule has 0 spiro atoms. The van der Waals surface area contributed by atoms with Crippen molar-refractivity contribution in [3.05, 3.63) is 21.4 Å². The molecule has 1 N–H and O–H groups in total. The van der Waals surface area contributed by atoms with Crippen LogP contribution in [0.15, 0.2) is 12.3 Å². The summed E-state index contributed by atoms with van der Waals surface area (Å²) in [6.45, 7) is 12.1. The molecule has 0 saturated carbocycles. The average Bonchev–Trinajstić information content (AvgIpc) is 2.59. The standard InChI is InChI=1S/C19H29IN4O3/c1-6-14-12-23(8-9-24(14)18(26)27-19(3,4)5)16-15(20)10-13(11-22-16)17(25)21-7-2/h10-11,14H,6-9,12H2,1-5H3,(H,21,25)/t14-/m0/s1. The van der Waals surface area contributed by atoms with Crippen LogP contribution in [0.25, 0.3) is 0 Å². The Labute approximate surface area is 175 Å². The molecule has 2 amide bonds. The molecule has 7 nitrogen and oxygen atoms in total. The Balaban J connectivity index is 2.12. The molecule has 1 atom stereocenters. The number of piperazine rings is 1. The van der Waals surface area contributed by atoms with Crippen molar-refractivity contribution >= 4 is 40.4 Å². The summed E-state index contributed by atoms with van der Waals surface area (Å²) in [7, 11) is 0. The molecule has 0 bridgehead atoms. The van der Waals surface area contributed by atoms with Crippen LogP contribution in [0, 0.1) is 3.57 Å². The summed E-state index contributed by atoms with van der Waals surface area (Å²) < 4.78 is 6.47. The quantitative estimate of drug-likeness (QED) is 0.659. The number of nitrogens with zero attached hydrogens (tertiary/aromatic N) is 3. The number of carbonyl (C=O) groups excluding carboxylic acids is 2. The van der Waals surface area contributed by atoms with Crippen molar-refractivity contribution in [3.63, 3.8) is 0 Å². The molecule has 8 heteroatoms. The van der Waals surface area contributed by atoms with Crippen LogP contribution in [-0.4, -0.2) is 59.7 Å². The predicted molar refractivity (Wildman–Crippen MR) is 114 cm³/mol. The van der Waals surface area contributed by atoms with E-state index in [0.717, 1.165) is 15.8 Å². The Morgan fingerprint density at radius 1 is 1.33 bits per heavy atom. The van der Waals surface area contributed by atoms with Crippen LogP contribution in [-0.2, 0) is 4.74 Å². The SMILES string of the molecule is CCNC(=O)c1cnc(N2CCN(C(=O)OC(C)(C)C)[C@@H](CC)C2)c(I)c1. The monoisotopic (exact) mass is 488 g/mol. The fourth-order valence-electron chi connectivity index (χ4n) is 3.01. The molecule has 1 aromatic rings. The van der Waals surface area contributed by atoms with Crippen molar-refractivity contribution in [2.75, 3.05) is 31.1 Å². The molecule has 1 aliphatic heterocycles. The number of nitrogens with one attached hydrogen (secondary N) is 1. The number of aromatic nitrogens is 1. The highest BCUT2D eigenvalue weighted by Gasteiger charge is 2.33. The predicted octanol–water partition coefficient (Wildman–Crippen LogP) is 3.27. The molecule has 0 unspecified atom stereocenters. The second-order valence-electron chi connectivity index (χ2n) is 7.57. The van der Waals surface area contributed by atoms with Crippen LogP contribution in [0.1, 0.15) is 51.4 Å². The van der Waals surface area contributed by atoms with Crippen LogP contribution in [0.3, 0.4) is 0 Å². The van der Waals surface area contributed by atoms with Crippen LogP contribution < -0.4 is 10.2 Å². The smallest absolute Gasteiger partial charge is 0.410 e. The number of hydrogen-bond donors (Lipinski definition) is 1. The zero-order chi connectivity index (χ0) is 20.2. The van der Waals surface area contributed by atoms with Crippen molar-refractivity contribution in [2.24, 2.45) is 0 Å². The highest BCUT2D eigenvalue weighted by molar-refractivity contribution is 14.1. The normalized spacial score (nSPS) is 17.6. The second-order valence-corrected chi connectivity index (χ2v) is 8.73. The number of ether oxygens (including phenoxy) is 1. The molecular weight excluding hydrogens is 459 g/mol. The van der Waals surface area contributed by atoms with Gasteiger partial charge in [0.25, 0.3) is 5.91 Å². The van der Waals surface area contributed by atoms with Crippen molar-refractivity contribution in [3.8, 4) is 0 Å². The molecule has 150 valence electrons. The second kappa shape index (κ2) is 9.07. The van der Waals surface area contributed by atoms with Gasteiger partial charge >= 0.3 is 6.09 Å². The maximum atomic E-state index is 12.5. The number of hydrogen-bond acceptors (Lipinski definition) is 5. The largest absolute Gasteiger partial charge is 0.444 e. The maximum Gasteiger partial charge on any atom is 0.410 e. The zero-order valence-corrected chi connectivity index (χ0v) is 18.9. The highest BCUT2D eigenvalue weighted by Crippen LogP contribution is 2.25. The Hall–Kier alpha value is -1.58. The Morgan fingerprint density at radius 3 is 2.59 bits per heavy atom. The van der Waals surface area contributed by atoms with Gasteiger partial charge in [0.05, 0.1) is 15.2 Å². The molecule has 2 heterocycles. The van der Waals surface area contributed by atoms with E-state index in [-0.39, 0.29) is 18.0 Å². The van der Waals surface area contributed by atoms with Gasteiger partial charge in [-0.15, -0.1) is 0 Å². The average molecular weight is 488 g/mol. The summed E-state index contributed by atoms with van der Waals surface area (Å²) in [6, 6.07) is 1.92. The van der Waals surface area contributed by atoms with E-state index in [4.69, 9.17) is 4.74 Å². The lowest BCUT2D eigenvalue weighted by Gasteiger charge is -2.42. The van der Waals surface area contributed by atoms with Crippen molar-refractivity contribution in [1.29, 1.82) is 0 Å². The highest BCUT2D eigenvalue weighted by atomic mass is 127. The van der Waals surface area contributed by atoms with Gasteiger partial charge in [-0.1, -0.05) is 6.92 Å². The molecule has 1 saturated heterocycles. The van der Waals surface area contributed by atoms with Gasteiger partial charge in [0.2, 0.25) is 0 Å². The third kappa shape index (κ3) is 5.70. The third-order valence-corrected chi connectivity index (χ3v) is 5.10. The summed E-state index contributed by atoms with van der Waals surface area (Å²) in [5.74, 6) is 0.738. The van der Waals surface area contributed by atoms with Gasteiger partial charge in [0, 0.05) is 32.4 Å². The number of pyridine rings is 1. The van der Waals surface area contributed by atoms with Gasteiger partial charge in [0.1, 0.15) is 11.4 Å². The summed E-state index contributed by atoms with van der Waals surface area (Å²) in [6.07, 6.45) is 2.19. The van der Waals surface area contributed by atoms with Crippen LogP contribution in [0.2, 0.25) is 0 Å². The van der Waals surface area contributed by atoms with Crippen LogP contribution in [0.4, 0.5) is 10.6 Å². The first-order valence-corrected chi connectivity index (χ1v) is 10.4. The van der Waals surface area contributed by atoms with Crippen molar-refractivity contribution in [1.82, 2.24) is 15.2 Å². The van der Waals surface area contributed by atoms with Gasteiger partial charge in [-0.05, 0) is 62.8 Å². The van der Waals surface area contributed by atoms with E-state index in [1.54, 1.807) is 6.20 Å². The minimum Gasteiger partial charge on any atom is -0.444 e. The lowest BCUT2D eigenvalue weighted by atomic mass is 10.1. The summed E-state index contributed by atoms with van der Waals surface area (Å²) in [5, 5.41) is 2.79. The zero-order valence-electron chi connectivity index (χ0n) is 16.7. The minimum absolute atomic E-state index is 0.0641. The fraction of sp³-hybridized carbons (Fsp3) is 0.632. The van der Waals surface area contributed by atoms with E-state index >= 15 is 0 Å². The van der Waals surface area contributed by atoms with E-state index < -0.39 is 5.60 Å². The molecule has 2 rings (SSSR count). The third-order valence-electron chi connectivity index (χ3n) is 4.30. The first kappa shape index (κ1) is 21.7. The Kier molecular flexibility index (Phi) is 7.30. The van der Waals surface area contributed by atoms with Crippen LogP contribution in [0.5, 0.6) is 0 Å². The van der Waals surface area contributed by atoms with Gasteiger partial charge in [-0.3, -0.25) is 4.79 Å². The molecule has 0 radical (unpaired) electrons. The van der Waals surface area contributed by atoms with Gasteiger partial charge in [-0.2, -0.15) is 0 Å². The van der Waals surface area contributed by atoms with Gasteiger partial charge < -0.3 is 19.9 Å². The minimum atomic E-state index is -0.502. The Morgan fingerprint density at radius 2 is 2.04 bits per heavy atom. The molecule has 27 heavy (non-hydrogen) atoms. The number of anilines is 1. The molecule has 0 aliphatic carbocycles. The van der Waals surface area contributed by atoms with Crippen LogP contribution >= 0.6 is 22.6 Å². The van der Waals surface area contributed by atoms with E-state index in [1.165, 1.54) is 0 Å². The summed E-state index contributed by atoms with van der Waals surface area (Å²) >= 11 is 2.22. The van der Waals surface area contributed by atoms with E-state index in [9.17, 15) is 9.59 Å². The summed E-state index contributed by atoms with van der Waals surface area (Å²) in [4.78, 5) is 33.0. The first-order chi connectivity index (χ1) is 12.7. The van der Waals surface area contributed by atoms with Crippen molar-refractivity contribution in [2.45, 2.75) is 52.7 Å². The Bertz CT molecular complexity index is 690. The molecule has 0 aromatic carbocycles. The lowest BCUT2D eigenvalue weighted by Crippen LogP contribution is -2.56. The van der Waals surface area contributed by atoms with Gasteiger partial charge in [0.15, 0.2) is 0 Å². The summed E-state index contributed by atoms with van der Waals surface area (Å²) in [5.41, 5.74) is 0.0580.